The number of imidazole rings is 1. The van der Waals surface area contributed by atoms with E-state index in [9.17, 15) is 0 Å². The van der Waals surface area contributed by atoms with Crippen LogP contribution in [0.15, 0.2) is 18.2 Å². The fraction of sp³-hybridized carbons (Fsp3) is 0.417. The normalized spacial score (nSPS) is 16.6. The number of ether oxygens (including phenoxy) is 1. The number of nitrogens with two attached hydrogens (primary N) is 1. The molecule has 1 aromatic carbocycles. The molecule has 5 nitrogen and oxygen atoms in total. The molecule has 3 rings (SSSR count). The average molecular weight is 232 g/mol. The maximum atomic E-state index is 5.78. The lowest BCUT2D eigenvalue weighted by atomic mass is 10.3. The fourth-order valence-electron chi connectivity index (χ4n) is 2.25. The molecule has 0 spiro atoms. The van der Waals surface area contributed by atoms with Crippen LogP contribution in [0.2, 0.25) is 0 Å². The lowest BCUT2D eigenvalue weighted by Gasteiger charge is -2.27. The van der Waals surface area contributed by atoms with Crippen molar-refractivity contribution in [2.24, 2.45) is 7.05 Å². The highest BCUT2D eigenvalue weighted by Crippen LogP contribution is 2.23. The quantitative estimate of drug-likeness (QED) is 0.745. The van der Waals surface area contributed by atoms with Crippen LogP contribution in [0.4, 0.5) is 11.6 Å². The summed E-state index contributed by atoms with van der Waals surface area (Å²) >= 11 is 0. The number of fused-ring (bicyclic) bond motifs is 1. The summed E-state index contributed by atoms with van der Waals surface area (Å²) in [5.41, 5.74) is 8.60. The summed E-state index contributed by atoms with van der Waals surface area (Å²) in [7, 11) is 2.04. The zero-order valence-corrected chi connectivity index (χ0v) is 9.89. The number of aryl methyl sites for hydroxylation is 1. The molecule has 0 unspecified atom stereocenters. The zero-order valence-electron chi connectivity index (χ0n) is 9.89. The number of anilines is 2. The van der Waals surface area contributed by atoms with Gasteiger partial charge in [0.25, 0.3) is 0 Å². The lowest BCUT2D eigenvalue weighted by Crippen LogP contribution is -2.37. The number of nitrogen functional groups attached to an aromatic ring is 1. The molecule has 17 heavy (non-hydrogen) atoms. The van der Waals surface area contributed by atoms with Crippen molar-refractivity contribution < 1.29 is 4.74 Å². The molecule has 2 aromatic rings. The Morgan fingerprint density at radius 2 is 2.06 bits per heavy atom. The van der Waals surface area contributed by atoms with Gasteiger partial charge in [0.15, 0.2) is 0 Å². The van der Waals surface area contributed by atoms with Gasteiger partial charge in [-0.3, -0.25) is 0 Å². The second-order valence-electron chi connectivity index (χ2n) is 4.32. The van der Waals surface area contributed by atoms with Crippen LogP contribution in [-0.2, 0) is 11.8 Å². The van der Waals surface area contributed by atoms with E-state index in [4.69, 9.17) is 10.5 Å². The van der Waals surface area contributed by atoms with Crippen LogP contribution in [0.5, 0.6) is 0 Å². The van der Waals surface area contributed by atoms with E-state index >= 15 is 0 Å². The Hall–Kier alpha value is -1.75. The maximum Gasteiger partial charge on any atom is 0.206 e. The molecule has 2 N–H and O–H groups in total. The molecule has 90 valence electrons. The van der Waals surface area contributed by atoms with Crippen LogP contribution >= 0.6 is 0 Å². The minimum absolute atomic E-state index is 0.754. The van der Waals surface area contributed by atoms with Gasteiger partial charge in [-0.15, -0.1) is 0 Å². The van der Waals surface area contributed by atoms with E-state index in [1.54, 1.807) is 0 Å². The van der Waals surface area contributed by atoms with Gasteiger partial charge in [0.05, 0.1) is 24.2 Å². The Morgan fingerprint density at radius 1 is 1.29 bits per heavy atom. The average Bonchev–Trinajstić information content (AvgIpc) is 2.67. The molecule has 1 aliphatic heterocycles. The summed E-state index contributed by atoms with van der Waals surface area (Å²) in [6, 6.07) is 5.84. The van der Waals surface area contributed by atoms with Crippen molar-refractivity contribution >= 4 is 22.7 Å². The van der Waals surface area contributed by atoms with E-state index in [0.717, 1.165) is 49.0 Å². The molecule has 1 aromatic heterocycles. The first kappa shape index (κ1) is 10.4. The number of morpholine rings is 1. The molecule has 0 aliphatic carbocycles. The second-order valence-corrected chi connectivity index (χ2v) is 4.32. The second kappa shape index (κ2) is 3.92. The van der Waals surface area contributed by atoms with E-state index in [1.165, 1.54) is 0 Å². The van der Waals surface area contributed by atoms with Crippen molar-refractivity contribution in [3.63, 3.8) is 0 Å². The monoisotopic (exact) mass is 232 g/mol. The van der Waals surface area contributed by atoms with Crippen LogP contribution in [0.1, 0.15) is 0 Å². The van der Waals surface area contributed by atoms with Crippen molar-refractivity contribution in [2.75, 3.05) is 36.9 Å². The highest BCUT2D eigenvalue weighted by molar-refractivity contribution is 5.81. The summed E-state index contributed by atoms with van der Waals surface area (Å²) < 4.78 is 7.47. The molecule has 5 heteroatoms. The van der Waals surface area contributed by atoms with Crippen molar-refractivity contribution in [3.8, 4) is 0 Å². The summed E-state index contributed by atoms with van der Waals surface area (Å²) in [6.45, 7) is 3.33. The van der Waals surface area contributed by atoms with Gasteiger partial charge >= 0.3 is 0 Å². The van der Waals surface area contributed by atoms with E-state index in [0.29, 0.717) is 0 Å². The lowest BCUT2D eigenvalue weighted by molar-refractivity contribution is 0.122. The standard InChI is InChI=1S/C12H16N4O/c1-15-11-3-2-9(13)8-10(11)14-12(15)16-4-6-17-7-5-16/h2-3,8H,4-7,13H2,1H3. The van der Waals surface area contributed by atoms with E-state index in [1.807, 2.05) is 25.2 Å². The fourth-order valence-corrected chi connectivity index (χ4v) is 2.25. The van der Waals surface area contributed by atoms with Crippen molar-refractivity contribution in [1.29, 1.82) is 0 Å². The molecular weight excluding hydrogens is 216 g/mol. The van der Waals surface area contributed by atoms with Crippen LogP contribution in [0.25, 0.3) is 11.0 Å². The largest absolute Gasteiger partial charge is 0.399 e. The van der Waals surface area contributed by atoms with Gasteiger partial charge in [-0.1, -0.05) is 0 Å². The van der Waals surface area contributed by atoms with Gasteiger partial charge < -0.3 is 19.9 Å². The first-order chi connectivity index (χ1) is 8.25. The summed E-state index contributed by atoms with van der Waals surface area (Å²) in [6.07, 6.45) is 0. The summed E-state index contributed by atoms with van der Waals surface area (Å²) in [5, 5.41) is 0. The first-order valence-corrected chi connectivity index (χ1v) is 5.80. The predicted molar refractivity (Wildman–Crippen MR) is 68.2 cm³/mol. The number of aromatic nitrogens is 2. The minimum atomic E-state index is 0.754. The molecule has 1 fully saturated rings. The van der Waals surface area contributed by atoms with E-state index in [-0.39, 0.29) is 0 Å². The Bertz CT molecular complexity index is 543. The van der Waals surface area contributed by atoms with Crippen LogP contribution < -0.4 is 10.6 Å². The summed E-state index contributed by atoms with van der Waals surface area (Å²) in [5.74, 6) is 0.994. The first-order valence-electron chi connectivity index (χ1n) is 5.80. The number of hydrogen-bond acceptors (Lipinski definition) is 4. The Labute approximate surface area is 99.8 Å². The SMILES string of the molecule is Cn1c(N2CCOCC2)nc2cc(N)ccc21. The smallest absolute Gasteiger partial charge is 0.206 e. The van der Waals surface area contributed by atoms with Gasteiger partial charge in [-0.25, -0.2) is 4.98 Å². The third-order valence-electron chi connectivity index (χ3n) is 3.18. The molecule has 0 bridgehead atoms. The molecule has 0 saturated carbocycles. The number of hydrogen-bond donors (Lipinski definition) is 1. The Kier molecular flexibility index (Phi) is 2.40. The van der Waals surface area contributed by atoms with Crippen LogP contribution in [0, 0.1) is 0 Å². The molecule has 0 amide bonds. The minimum Gasteiger partial charge on any atom is -0.399 e. The highest BCUT2D eigenvalue weighted by Gasteiger charge is 2.17. The molecule has 1 aliphatic rings. The predicted octanol–water partition coefficient (Wildman–Crippen LogP) is 0.992. The molecular formula is C12H16N4O. The van der Waals surface area contributed by atoms with Crippen LogP contribution in [0.3, 0.4) is 0 Å². The zero-order chi connectivity index (χ0) is 11.8. The van der Waals surface area contributed by atoms with Gasteiger partial charge in [0.1, 0.15) is 0 Å². The van der Waals surface area contributed by atoms with Crippen molar-refractivity contribution in [1.82, 2.24) is 9.55 Å². The van der Waals surface area contributed by atoms with E-state index < -0.39 is 0 Å². The van der Waals surface area contributed by atoms with Gasteiger partial charge in [-0.05, 0) is 18.2 Å². The van der Waals surface area contributed by atoms with Gasteiger partial charge in [-0.2, -0.15) is 0 Å². The Balaban J connectivity index is 2.07. The summed E-state index contributed by atoms with van der Waals surface area (Å²) in [4.78, 5) is 6.90. The third-order valence-corrected chi connectivity index (χ3v) is 3.18. The number of nitrogens with zero attached hydrogens (tertiary/aromatic N) is 3. The molecule has 0 atom stereocenters. The number of benzene rings is 1. The highest BCUT2D eigenvalue weighted by atomic mass is 16.5. The third kappa shape index (κ3) is 1.72. The molecule has 0 radical (unpaired) electrons. The van der Waals surface area contributed by atoms with Gasteiger partial charge in [0.2, 0.25) is 5.95 Å². The van der Waals surface area contributed by atoms with Crippen molar-refractivity contribution in [3.05, 3.63) is 18.2 Å². The number of rotatable bonds is 1. The van der Waals surface area contributed by atoms with Crippen molar-refractivity contribution in [2.45, 2.75) is 0 Å². The maximum absolute atomic E-state index is 5.78. The molecule has 2 heterocycles. The molecule has 1 saturated heterocycles. The van der Waals surface area contributed by atoms with E-state index in [2.05, 4.69) is 14.5 Å². The topological polar surface area (TPSA) is 56.3 Å². The van der Waals surface area contributed by atoms with Crippen LogP contribution in [-0.4, -0.2) is 35.9 Å². The van der Waals surface area contributed by atoms with Gasteiger partial charge in [0, 0.05) is 25.8 Å². The Morgan fingerprint density at radius 3 is 2.82 bits per heavy atom.